The summed E-state index contributed by atoms with van der Waals surface area (Å²) in [7, 11) is 0. The summed E-state index contributed by atoms with van der Waals surface area (Å²) in [6.45, 7) is 3.89. The van der Waals surface area contributed by atoms with Crippen molar-refractivity contribution >= 4 is 5.97 Å². The highest BCUT2D eigenvalue weighted by Crippen LogP contribution is 2.27. The van der Waals surface area contributed by atoms with Gasteiger partial charge in [-0.1, -0.05) is 26.0 Å². The average molecular weight is 223 g/mol. The lowest BCUT2D eigenvalue weighted by atomic mass is 9.83. The number of aliphatic carboxylic acids is 1. The molecule has 16 heavy (non-hydrogen) atoms. The molecule has 0 amide bonds. The number of carboxylic acids is 1. The number of benzene rings is 1. The topological polar surface area (TPSA) is 88.0 Å². The number of carbonyl (C=O) groups excluding carboxylic acids is 1. The molecule has 1 aromatic rings. The van der Waals surface area contributed by atoms with Crippen LogP contribution in [0.1, 0.15) is 25.3 Å². The zero-order valence-corrected chi connectivity index (χ0v) is 9.51. The van der Waals surface area contributed by atoms with Gasteiger partial charge in [-0.05, 0) is 23.6 Å². The first-order valence-electron chi connectivity index (χ1n) is 5.26. The molecule has 0 spiro atoms. The van der Waals surface area contributed by atoms with Crippen LogP contribution in [0.2, 0.25) is 0 Å². The summed E-state index contributed by atoms with van der Waals surface area (Å²) in [5.74, 6) is -1.04. The maximum absolute atomic E-state index is 10.9. The lowest BCUT2D eigenvalue weighted by molar-refractivity contribution is -0.444. The van der Waals surface area contributed by atoms with Gasteiger partial charge in [-0.3, -0.25) is 0 Å². The van der Waals surface area contributed by atoms with Crippen molar-refractivity contribution in [3.63, 3.8) is 0 Å². The van der Waals surface area contributed by atoms with Crippen molar-refractivity contribution in [2.24, 2.45) is 5.92 Å². The molecule has 0 aliphatic rings. The average Bonchev–Trinajstić information content (AvgIpc) is 2.20. The van der Waals surface area contributed by atoms with Gasteiger partial charge in [-0.25, -0.2) is 0 Å². The van der Waals surface area contributed by atoms with Crippen molar-refractivity contribution in [2.75, 3.05) is 0 Å². The van der Waals surface area contributed by atoms with E-state index < -0.39 is 12.0 Å². The normalized spacial score (nSPS) is 14.8. The van der Waals surface area contributed by atoms with Gasteiger partial charge in [-0.2, -0.15) is 0 Å². The second-order valence-electron chi connectivity index (χ2n) is 4.29. The predicted octanol–water partition coefficient (Wildman–Crippen LogP) is -0.508. The first-order chi connectivity index (χ1) is 7.43. The number of rotatable bonds is 4. The molecule has 0 saturated heterocycles. The molecule has 0 radical (unpaired) electrons. The molecule has 4 heteroatoms. The Balaban J connectivity index is 3.03. The number of carboxylic acid groups (broad SMARTS) is 1. The van der Waals surface area contributed by atoms with Crippen molar-refractivity contribution in [1.29, 1.82) is 0 Å². The van der Waals surface area contributed by atoms with Crippen molar-refractivity contribution < 1.29 is 20.7 Å². The van der Waals surface area contributed by atoms with Gasteiger partial charge in [0.1, 0.15) is 11.8 Å². The summed E-state index contributed by atoms with van der Waals surface area (Å²) in [5, 5.41) is 20.0. The van der Waals surface area contributed by atoms with Crippen molar-refractivity contribution in [2.45, 2.75) is 25.8 Å². The van der Waals surface area contributed by atoms with Gasteiger partial charge in [0.15, 0.2) is 0 Å². The van der Waals surface area contributed by atoms with Crippen LogP contribution in [0.15, 0.2) is 24.3 Å². The lowest BCUT2D eigenvalue weighted by Gasteiger charge is -2.25. The van der Waals surface area contributed by atoms with Gasteiger partial charge in [-0.15, -0.1) is 0 Å². The summed E-state index contributed by atoms with van der Waals surface area (Å²) in [6, 6.07) is 5.76. The van der Waals surface area contributed by atoms with E-state index in [1.165, 1.54) is 0 Å². The minimum atomic E-state index is -1.15. The van der Waals surface area contributed by atoms with Gasteiger partial charge >= 0.3 is 0 Å². The van der Waals surface area contributed by atoms with Gasteiger partial charge < -0.3 is 20.7 Å². The predicted molar refractivity (Wildman–Crippen MR) is 57.4 cm³/mol. The highest BCUT2D eigenvalue weighted by atomic mass is 16.4. The van der Waals surface area contributed by atoms with Crippen LogP contribution in [-0.4, -0.2) is 17.1 Å². The number of quaternary nitrogens is 1. The summed E-state index contributed by atoms with van der Waals surface area (Å²) in [5.41, 5.74) is 4.49. The first kappa shape index (κ1) is 12.5. The standard InChI is InChI=1S/C12H17NO3/c1-7(2)10(11(13)12(15)16)8-3-5-9(14)6-4-8/h3-7,10-11,14H,13H2,1-2H3,(H,15,16)/t10-,11+/m1/s1. The summed E-state index contributed by atoms with van der Waals surface area (Å²) < 4.78 is 0. The number of aromatic hydroxyl groups is 1. The summed E-state index contributed by atoms with van der Waals surface area (Å²) >= 11 is 0. The molecule has 88 valence electrons. The zero-order chi connectivity index (χ0) is 12.3. The largest absolute Gasteiger partial charge is 0.544 e. The SMILES string of the molecule is CC(C)[C@H](c1ccc(O)cc1)[C@H]([NH3+])C(=O)[O-]. The Morgan fingerprint density at radius 1 is 1.31 bits per heavy atom. The molecule has 4 N–H and O–H groups in total. The fourth-order valence-electron chi connectivity index (χ4n) is 1.92. The molecule has 0 aromatic heterocycles. The van der Waals surface area contributed by atoms with E-state index >= 15 is 0 Å². The monoisotopic (exact) mass is 223 g/mol. The number of phenolic OH excluding ortho intramolecular Hbond substituents is 1. The van der Waals surface area contributed by atoms with E-state index in [1.807, 2.05) is 13.8 Å². The van der Waals surface area contributed by atoms with Crippen molar-refractivity contribution in [3.05, 3.63) is 29.8 Å². The van der Waals surface area contributed by atoms with Crippen LogP contribution < -0.4 is 10.8 Å². The van der Waals surface area contributed by atoms with Gasteiger partial charge in [0.2, 0.25) is 0 Å². The van der Waals surface area contributed by atoms with E-state index in [0.717, 1.165) is 5.56 Å². The van der Waals surface area contributed by atoms with Crippen LogP contribution >= 0.6 is 0 Å². The van der Waals surface area contributed by atoms with Crippen LogP contribution in [0.3, 0.4) is 0 Å². The van der Waals surface area contributed by atoms with Crippen molar-refractivity contribution in [1.82, 2.24) is 0 Å². The molecule has 0 heterocycles. The van der Waals surface area contributed by atoms with Crippen LogP contribution in [0.5, 0.6) is 5.75 Å². The van der Waals surface area contributed by atoms with Gasteiger partial charge in [0.25, 0.3) is 0 Å². The van der Waals surface area contributed by atoms with E-state index in [4.69, 9.17) is 0 Å². The maximum atomic E-state index is 10.9. The van der Waals surface area contributed by atoms with E-state index in [1.54, 1.807) is 24.3 Å². The molecule has 0 unspecified atom stereocenters. The number of hydrogen-bond acceptors (Lipinski definition) is 3. The Kier molecular flexibility index (Phi) is 3.90. The Morgan fingerprint density at radius 3 is 2.19 bits per heavy atom. The molecule has 0 bridgehead atoms. The highest BCUT2D eigenvalue weighted by molar-refractivity contribution is 5.70. The quantitative estimate of drug-likeness (QED) is 0.720. The third-order valence-corrected chi connectivity index (χ3v) is 2.73. The molecule has 2 atom stereocenters. The Labute approximate surface area is 94.7 Å². The van der Waals surface area contributed by atoms with Crippen LogP contribution in [0.4, 0.5) is 0 Å². The molecule has 0 aliphatic carbocycles. The Hall–Kier alpha value is -1.55. The third kappa shape index (κ3) is 2.73. The molecule has 0 aliphatic heterocycles. The molecule has 4 nitrogen and oxygen atoms in total. The van der Waals surface area contributed by atoms with E-state index in [0.29, 0.717) is 0 Å². The summed E-state index contributed by atoms with van der Waals surface area (Å²) in [6.07, 6.45) is 0. The number of hydrogen-bond donors (Lipinski definition) is 2. The summed E-state index contributed by atoms with van der Waals surface area (Å²) in [4.78, 5) is 10.9. The second-order valence-corrected chi connectivity index (χ2v) is 4.29. The molecule has 1 aromatic carbocycles. The fourth-order valence-corrected chi connectivity index (χ4v) is 1.92. The third-order valence-electron chi connectivity index (χ3n) is 2.73. The Bertz CT molecular complexity index is 359. The maximum Gasteiger partial charge on any atom is 0.132 e. The zero-order valence-electron chi connectivity index (χ0n) is 9.51. The smallest absolute Gasteiger partial charge is 0.132 e. The van der Waals surface area contributed by atoms with E-state index in [2.05, 4.69) is 5.73 Å². The molecule has 0 saturated carbocycles. The van der Waals surface area contributed by atoms with Crippen LogP contribution in [0, 0.1) is 5.92 Å². The van der Waals surface area contributed by atoms with E-state index in [-0.39, 0.29) is 17.6 Å². The number of phenols is 1. The van der Waals surface area contributed by atoms with Crippen molar-refractivity contribution in [3.8, 4) is 5.75 Å². The van der Waals surface area contributed by atoms with Gasteiger partial charge in [0, 0.05) is 5.92 Å². The minimum absolute atomic E-state index is 0.143. The lowest BCUT2D eigenvalue weighted by Crippen LogP contribution is -2.71. The van der Waals surface area contributed by atoms with Gasteiger partial charge in [0.05, 0.1) is 5.97 Å². The molecular formula is C12H17NO3. The van der Waals surface area contributed by atoms with Crippen LogP contribution in [-0.2, 0) is 4.79 Å². The molecular weight excluding hydrogens is 206 g/mol. The minimum Gasteiger partial charge on any atom is -0.544 e. The fraction of sp³-hybridized carbons (Fsp3) is 0.417. The first-order valence-corrected chi connectivity index (χ1v) is 5.26. The second kappa shape index (κ2) is 4.99. The molecule has 1 rings (SSSR count). The number of carbonyl (C=O) groups is 1. The van der Waals surface area contributed by atoms with E-state index in [9.17, 15) is 15.0 Å². The Morgan fingerprint density at radius 2 is 1.81 bits per heavy atom. The highest BCUT2D eigenvalue weighted by Gasteiger charge is 2.27. The van der Waals surface area contributed by atoms with Crippen LogP contribution in [0.25, 0.3) is 0 Å². The molecule has 0 fully saturated rings.